The fraction of sp³-hybridized carbons (Fsp3) is 0.488. The highest BCUT2D eigenvalue weighted by molar-refractivity contribution is 6.04. The number of nitrogens with zero attached hydrogens (tertiary/aromatic N) is 15. The van der Waals surface area contributed by atoms with Crippen LogP contribution in [-0.2, 0) is 88.1 Å². The second-order valence-electron chi connectivity index (χ2n) is 29.8. The van der Waals surface area contributed by atoms with Crippen LogP contribution in [0.2, 0.25) is 0 Å². The number of ether oxygens (including phenoxy) is 8. The smallest absolute Gasteiger partial charge is 0.328 e. The molecular weight excluding hydrogens is 1510 g/mol. The molecule has 9 amide bonds. The average molecular weight is 1600 g/mol. The number of methoxy groups -OCH3 is 6. The van der Waals surface area contributed by atoms with Crippen LogP contribution in [0, 0.1) is 39.9 Å². The Morgan fingerprint density at radius 3 is 1.04 bits per heavy atom. The van der Waals surface area contributed by atoms with E-state index >= 15 is 0 Å². The number of rotatable bonds is 24. The Bertz CT molecular complexity index is 4450. The van der Waals surface area contributed by atoms with E-state index in [4.69, 9.17) is 37.9 Å². The standard InChI is InChI=1S/C28H32N6O5.2C27H30N6O6/c1-38-23-6-5-17(23)10-19-12-25(30-14-21(19)13-29)32-28(37)34-8-3-4-18-11-20(22(16-35)31-26(18)34)15-33-9-7-24(39-2)27(33)36;2*1-37-20-5-6-21(20)39-23-11-24(29-13-18(23)12-28)31-27(36)33-8-3-4-16-10-17(19(15-34)30-25(16)33)14-32-9-7-22(38-2)26(32)35/h11-12,14,16-17,23-24H,3-10,15H2,1-2H3,(H,30,32,37);2*10-11,13,15,20-22H,3-9,14H2,1-2H3,(H,29,31,36)/t17-,23-,24-;20-,21+,22+;20-,21+,22-/m010/s1. The minimum Gasteiger partial charge on any atom is -0.486 e. The number of hydrogen-bond donors (Lipinski definition) is 3. The average Bonchev–Trinajstić information content (AvgIpc) is 1.61. The number of aromatic nitrogens is 6. The molecule has 612 valence electrons. The van der Waals surface area contributed by atoms with Crippen LogP contribution in [0.15, 0.2) is 55.0 Å². The number of aldehydes is 3. The van der Waals surface area contributed by atoms with Gasteiger partial charge in [-0.25, -0.2) is 44.3 Å². The molecule has 0 aromatic carbocycles. The summed E-state index contributed by atoms with van der Waals surface area (Å²) in [7, 11) is 9.48. The van der Waals surface area contributed by atoms with Crippen molar-refractivity contribution in [2.45, 2.75) is 171 Å². The molecular formula is C82H92N18O17. The lowest BCUT2D eigenvalue weighted by Gasteiger charge is -2.35. The summed E-state index contributed by atoms with van der Waals surface area (Å²) in [5.74, 6) is 2.69. The summed E-state index contributed by atoms with van der Waals surface area (Å²) in [5.41, 5.74) is 6.80. The van der Waals surface area contributed by atoms with Gasteiger partial charge in [0.05, 0.1) is 36.3 Å². The van der Waals surface area contributed by atoms with Gasteiger partial charge in [-0.2, -0.15) is 15.8 Å². The fourth-order valence-electron chi connectivity index (χ4n) is 15.9. The maximum Gasteiger partial charge on any atom is 0.328 e. The van der Waals surface area contributed by atoms with Gasteiger partial charge in [0, 0.05) is 156 Å². The Labute approximate surface area is 675 Å². The SMILES string of the molecule is CO[C@H]1CCN(Cc2cc3c(nc2C=O)N(C(=O)Nc2cc(C[C@@H]4CC[C@@H]4OC)c(C#N)cn2)CCC3)C1=O.CO[C@H]1CCN(Cc2cc3c(nc2C=O)N(C(=O)Nc2cc(O[C@@H]4CC[C@@H]4OC)c(C#N)cn2)CCC3)C1=O.CO[C@H]1CCN(Cc2cc3c(nc2C=O)N(C(=O)Nc2cc(O[C@H]4CC[C@H]4OC)c(C#N)cn2)CCC3)C1=O. The Morgan fingerprint density at radius 2 is 0.752 bits per heavy atom. The van der Waals surface area contributed by atoms with Gasteiger partial charge in [0.2, 0.25) is 0 Å². The molecule has 9 atom stereocenters. The van der Waals surface area contributed by atoms with Gasteiger partial charge in [-0.1, -0.05) is 0 Å². The molecule has 0 bridgehead atoms. The first-order chi connectivity index (χ1) is 56.8. The number of pyridine rings is 6. The Balaban J connectivity index is 0.000000152. The Morgan fingerprint density at radius 1 is 0.419 bits per heavy atom. The second kappa shape index (κ2) is 37.7. The van der Waals surface area contributed by atoms with Gasteiger partial charge >= 0.3 is 18.1 Å². The van der Waals surface area contributed by atoms with Crippen molar-refractivity contribution in [2.75, 3.05) is 113 Å². The number of amides is 9. The third-order valence-corrected chi connectivity index (χ3v) is 23.0. The van der Waals surface area contributed by atoms with Crippen molar-refractivity contribution in [1.29, 1.82) is 15.8 Å². The maximum atomic E-state index is 13.4. The quantitative estimate of drug-likeness (QED) is 0.0487. The molecule has 6 fully saturated rings. The van der Waals surface area contributed by atoms with E-state index in [0.717, 1.165) is 67.2 Å². The lowest BCUT2D eigenvalue weighted by atomic mass is 9.77. The third-order valence-electron chi connectivity index (χ3n) is 23.0. The molecule has 0 unspecified atom stereocenters. The maximum absolute atomic E-state index is 13.4. The molecule has 35 nitrogen and oxygen atoms in total. The van der Waals surface area contributed by atoms with Crippen LogP contribution in [-0.4, -0.2) is 230 Å². The van der Waals surface area contributed by atoms with Crippen molar-refractivity contribution >= 4 is 89.6 Å². The van der Waals surface area contributed by atoms with Crippen molar-refractivity contribution in [3.63, 3.8) is 0 Å². The number of urea groups is 3. The Hall–Kier alpha value is -12.0. The zero-order chi connectivity index (χ0) is 82.6. The summed E-state index contributed by atoms with van der Waals surface area (Å²) in [6.07, 6.45) is 16.6. The summed E-state index contributed by atoms with van der Waals surface area (Å²) in [6.45, 7) is 3.64. The van der Waals surface area contributed by atoms with E-state index < -0.39 is 36.4 Å². The lowest BCUT2D eigenvalue weighted by Crippen LogP contribution is -2.42. The van der Waals surface area contributed by atoms with Gasteiger partial charge in [0.15, 0.2) is 18.9 Å². The highest BCUT2D eigenvalue weighted by Crippen LogP contribution is 2.38. The van der Waals surface area contributed by atoms with Crippen LogP contribution < -0.4 is 40.1 Å². The monoisotopic (exact) mass is 1600 g/mol. The zero-order valence-electron chi connectivity index (χ0n) is 66.0. The van der Waals surface area contributed by atoms with Gasteiger partial charge < -0.3 is 52.6 Å². The number of carbonyl (C=O) groups is 9. The Kier molecular flexibility index (Phi) is 26.7. The number of hydrogen-bond acceptors (Lipinski definition) is 26. The van der Waals surface area contributed by atoms with Gasteiger partial charge in [-0.3, -0.25) is 59.4 Å². The summed E-state index contributed by atoms with van der Waals surface area (Å²) in [6, 6.07) is 15.4. The van der Waals surface area contributed by atoms with Crippen molar-refractivity contribution in [2.24, 2.45) is 5.92 Å². The van der Waals surface area contributed by atoms with Crippen LogP contribution in [0.1, 0.15) is 164 Å². The van der Waals surface area contributed by atoms with Crippen LogP contribution in [0.3, 0.4) is 0 Å². The first-order valence-corrected chi connectivity index (χ1v) is 39.1. The first-order valence-electron chi connectivity index (χ1n) is 39.1. The molecule has 0 radical (unpaired) electrons. The second-order valence-corrected chi connectivity index (χ2v) is 29.8. The van der Waals surface area contributed by atoms with Crippen molar-refractivity contribution in [3.8, 4) is 29.7 Å². The van der Waals surface area contributed by atoms with E-state index in [9.17, 15) is 58.9 Å². The molecule has 6 aliphatic heterocycles. The molecule has 6 aromatic rings. The molecule has 12 heterocycles. The molecule has 9 aliphatic rings. The van der Waals surface area contributed by atoms with Crippen LogP contribution in [0.25, 0.3) is 0 Å². The normalized spacial score (nSPS) is 22.1. The van der Waals surface area contributed by atoms with E-state index in [-0.39, 0.29) is 108 Å². The van der Waals surface area contributed by atoms with E-state index in [1.807, 2.05) is 18.2 Å². The molecule has 6 aromatic heterocycles. The number of nitrogens with one attached hydrogen (secondary N) is 3. The molecule has 3 saturated carbocycles. The van der Waals surface area contributed by atoms with Crippen molar-refractivity contribution in [1.82, 2.24) is 44.6 Å². The topological polar surface area (TPSA) is 432 Å². The van der Waals surface area contributed by atoms with E-state index in [0.29, 0.717) is 179 Å². The summed E-state index contributed by atoms with van der Waals surface area (Å²) in [5, 5.41) is 36.9. The first kappa shape index (κ1) is 82.9. The number of likely N-dealkylation sites (tertiary alicyclic amines) is 3. The van der Waals surface area contributed by atoms with Crippen LogP contribution in [0.5, 0.6) is 11.5 Å². The van der Waals surface area contributed by atoms with Gasteiger partial charge in [0.1, 0.15) is 123 Å². The number of nitriles is 3. The minimum atomic E-state index is -0.466. The van der Waals surface area contributed by atoms with Crippen molar-refractivity contribution < 1.29 is 81.0 Å². The minimum absolute atomic E-state index is 0.0411. The van der Waals surface area contributed by atoms with Crippen LogP contribution in [0.4, 0.5) is 49.3 Å². The number of fused-ring (bicyclic) bond motifs is 3. The van der Waals surface area contributed by atoms with Crippen LogP contribution >= 0.6 is 0 Å². The molecule has 35 heteroatoms. The van der Waals surface area contributed by atoms with Gasteiger partial charge in [-0.15, -0.1) is 0 Å². The number of carbonyl (C=O) groups excluding carboxylic acids is 9. The highest BCUT2D eigenvalue weighted by atomic mass is 16.5. The van der Waals surface area contributed by atoms with E-state index in [2.05, 4.69) is 64.1 Å². The summed E-state index contributed by atoms with van der Waals surface area (Å²) in [4.78, 5) is 149. The van der Waals surface area contributed by atoms with Gasteiger partial charge in [-0.05, 0) is 136 Å². The number of anilines is 6. The zero-order valence-corrected chi connectivity index (χ0v) is 66.0. The molecule has 117 heavy (non-hydrogen) atoms. The number of aryl methyl sites for hydroxylation is 3. The van der Waals surface area contributed by atoms with Gasteiger partial charge in [0.25, 0.3) is 17.7 Å². The predicted octanol–water partition coefficient (Wildman–Crippen LogP) is 7.76. The molecule has 15 rings (SSSR count). The van der Waals surface area contributed by atoms with E-state index in [1.165, 1.54) is 66.8 Å². The molecule has 3 aliphatic carbocycles. The lowest BCUT2D eigenvalue weighted by molar-refractivity contribution is -0.137. The summed E-state index contributed by atoms with van der Waals surface area (Å²) >= 11 is 0. The molecule has 3 saturated heterocycles. The predicted molar refractivity (Wildman–Crippen MR) is 418 cm³/mol. The van der Waals surface area contributed by atoms with Crippen molar-refractivity contribution in [3.05, 3.63) is 128 Å². The van der Waals surface area contributed by atoms with E-state index in [1.54, 1.807) is 42.1 Å². The highest BCUT2D eigenvalue weighted by Gasteiger charge is 2.40. The fourth-order valence-corrected chi connectivity index (χ4v) is 15.9. The summed E-state index contributed by atoms with van der Waals surface area (Å²) < 4.78 is 43.9. The third kappa shape index (κ3) is 18.3. The molecule has 3 N–H and O–H groups in total. The molecule has 0 spiro atoms. The largest absolute Gasteiger partial charge is 0.486 e.